The number of pyridine rings is 1. The van der Waals surface area contributed by atoms with Crippen LogP contribution in [0.2, 0.25) is 0 Å². The second kappa shape index (κ2) is 7.80. The molecule has 27 heavy (non-hydrogen) atoms. The Labute approximate surface area is 159 Å². The topological polar surface area (TPSA) is 50.6 Å². The van der Waals surface area contributed by atoms with Gasteiger partial charge < -0.3 is 14.2 Å². The van der Waals surface area contributed by atoms with E-state index in [1.807, 2.05) is 59.1 Å². The molecule has 3 aromatic rings. The first kappa shape index (κ1) is 17.5. The lowest BCUT2D eigenvalue weighted by molar-refractivity contribution is 0.0622. The van der Waals surface area contributed by atoms with Gasteiger partial charge in [-0.2, -0.15) is 0 Å². The van der Waals surface area contributed by atoms with Crippen molar-refractivity contribution in [3.05, 3.63) is 60.6 Å². The fourth-order valence-corrected chi connectivity index (χ4v) is 3.58. The highest BCUT2D eigenvalue weighted by atomic mass is 16.5. The van der Waals surface area contributed by atoms with Gasteiger partial charge in [0.15, 0.2) is 0 Å². The summed E-state index contributed by atoms with van der Waals surface area (Å²) in [5, 5.41) is 1.03. The number of hydrogen-bond acceptors (Lipinski definition) is 4. The third kappa shape index (κ3) is 3.80. The van der Waals surface area contributed by atoms with Gasteiger partial charge in [0.1, 0.15) is 12.4 Å². The van der Waals surface area contributed by atoms with Gasteiger partial charge in [-0.3, -0.25) is 14.7 Å². The van der Waals surface area contributed by atoms with E-state index in [4.69, 9.17) is 4.74 Å². The Morgan fingerprint density at radius 3 is 2.70 bits per heavy atom. The number of amides is 1. The first-order valence-electron chi connectivity index (χ1n) is 9.31. The van der Waals surface area contributed by atoms with E-state index in [2.05, 4.69) is 9.88 Å². The lowest BCUT2D eigenvalue weighted by Gasteiger charge is -2.34. The molecule has 1 aromatic carbocycles. The molecule has 0 radical (unpaired) electrons. The van der Waals surface area contributed by atoms with Crippen LogP contribution in [0.15, 0.2) is 55.0 Å². The van der Waals surface area contributed by atoms with E-state index < -0.39 is 0 Å². The Hall–Kier alpha value is -2.86. The lowest BCUT2D eigenvalue weighted by atomic mass is 10.1. The minimum Gasteiger partial charge on any atom is -0.491 e. The number of nitrogens with zero attached hydrogens (tertiary/aromatic N) is 4. The van der Waals surface area contributed by atoms with Gasteiger partial charge >= 0.3 is 0 Å². The standard InChI is InChI=1S/C21H24N4O2/c1-23-16-19(18-6-2-3-7-20(18)23)21(26)25-11-9-24(10-12-25)13-14-27-17-5-4-8-22-15-17/h2-8,15-16H,9-14H2,1H3. The van der Waals surface area contributed by atoms with Crippen molar-refractivity contribution in [2.24, 2.45) is 7.05 Å². The van der Waals surface area contributed by atoms with Crippen LogP contribution in [-0.4, -0.2) is 64.6 Å². The highest BCUT2D eigenvalue weighted by molar-refractivity contribution is 6.07. The molecule has 0 saturated carbocycles. The summed E-state index contributed by atoms with van der Waals surface area (Å²) in [5.74, 6) is 0.917. The van der Waals surface area contributed by atoms with Gasteiger partial charge in [-0.15, -0.1) is 0 Å². The largest absolute Gasteiger partial charge is 0.491 e. The van der Waals surface area contributed by atoms with Gasteiger partial charge in [0.05, 0.1) is 11.8 Å². The van der Waals surface area contributed by atoms with Crippen LogP contribution >= 0.6 is 0 Å². The van der Waals surface area contributed by atoms with Crippen LogP contribution in [0.3, 0.4) is 0 Å². The Bertz CT molecular complexity index is 914. The van der Waals surface area contributed by atoms with Crippen molar-refractivity contribution < 1.29 is 9.53 Å². The molecule has 140 valence electrons. The van der Waals surface area contributed by atoms with E-state index in [9.17, 15) is 4.79 Å². The highest BCUT2D eigenvalue weighted by Crippen LogP contribution is 2.22. The van der Waals surface area contributed by atoms with E-state index in [1.165, 1.54) is 0 Å². The number of ether oxygens (including phenoxy) is 1. The second-order valence-electron chi connectivity index (χ2n) is 6.84. The molecule has 6 nitrogen and oxygen atoms in total. The van der Waals surface area contributed by atoms with E-state index in [-0.39, 0.29) is 5.91 Å². The molecule has 1 aliphatic heterocycles. The summed E-state index contributed by atoms with van der Waals surface area (Å²) >= 11 is 0. The molecule has 0 bridgehead atoms. The maximum atomic E-state index is 13.0. The van der Waals surface area contributed by atoms with Gasteiger partial charge in [-0.05, 0) is 18.2 Å². The van der Waals surface area contributed by atoms with Crippen LogP contribution in [0, 0.1) is 0 Å². The normalized spacial score (nSPS) is 15.2. The third-order valence-electron chi connectivity index (χ3n) is 5.10. The van der Waals surface area contributed by atoms with Gasteiger partial charge in [-0.1, -0.05) is 18.2 Å². The molecule has 1 amide bonds. The number of aromatic nitrogens is 2. The smallest absolute Gasteiger partial charge is 0.256 e. The summed E-state index contributed by atoms with van der Waals surface area (Å²) in [5.41, 5.74) is 1.88. The minimum atomic E-state index is 0.123. The van der Waals surface area contributed by atoms with Gasteiger partial charge in [0, 0.05) is 63.1 Å². The Morgan fingerprint density at radius 1 is 1.11 bits per heavy atom. The summed E-state index contributed by atoms with van der Waals surface area (Å²) in [6.45, 7) is 4.71. The van der Waals surface area contributed by atoms with Gasteiger partial charge in [0.2, 0.25) is 0 Å². The van der Waals surface area contributed by atoms with Crippen molar-refractivity contribution in [2.75, 3.05) is 39.3 Å². The number of fused-ring (bicyclic) bond motifs is 1. The molecule has 0 spiro atoms. The summed E-state index contributed by atoms with van der Waals surface area (Å²) in [6, 6.07) is 11.8. The minimum absolute atomic E-state index is 0.123. The predicted molar refractivity (Wildman–Crippen MR) is 105 cm³/mol. The average Bonchev–Trinajstić information content (AvgIpc) is 3.06. The molecule has 4 rings (SSSR count). The third-order valence-corrected chi connectivity index (χ3v) is 5.10. The van der Waals surface area contributed by atoms with Crippen molar-refractivity contribution in [3.63, 3.8) is 0 Å². The number of hydrogen-bond donors (Lipinski definition) is 0. The molecular formula is C21H24N4O2. The SMILES string of the molecule is Cn1cc(C(=O)N2CCN(CCOc3cccnc3)CC2)c2ccccc21. The molecule has 0 aliphatic carbocycles. The Balaban J connectivity index is 1.31. The quantitative estimate of drug-likeness (QED) is 0.698. The lowest BCUT2D eigenvalue weighted by Crippen LogP contribution is -2.49. The van der Waals surface area contributed by atoms with E-state index in [0.29, 0.717) is 6.61 Å². The number of aryl methyl sites for hydroxylation is 1. The first-order valence-corrected chi connectivity index (χ1v) is 9.31. The maximum absolute atomic E-state index is 13.0. The zero-order valence-corrected chi connectivity index (χ0v) is 15.5. The molecule has 2 aromatic heterocycles. The van der Waals surface area contributed by atoms with E-state index in [1.54, 1.807) is 12.4 Å². The van der Waals surface area contributed by atoms with Crippen LogP contribution in [0.5, 0.6) is 5.75 Å². The number of benzene rings is 1. The number of para-hydroxylation sites is 1. The van der Waals surface area contributed by atoms with Crippen LogP contribution in [0.4, 0.5) is 0 Å². The maximum Gasteiger partial charge on any atom is 0.256 e. The first-order chi connectivity index (χ1) is 13.2. The molecule has 0 unspecified atom stereocenters. The van der Waals surface area contributed by atoms with Gasteiger partial charge in [0.25, 0.3) is 5.91 Å². The fourth-order valence-electron chi connectivity index (χ4n) is 3.58. The van der Waals surface area contributed by atoms with Crippen LogP contribution in [0.1, 0.15) is 10.4 Å². The van der Waals surface area contributed by atoms with Crippen LogP contribution in [-0.2, 0) is 7.05 Å². The molecule has 1 fully saturated rings. The molecular weight excluding hydrogens is 340 g/mol. The summed E-state index contributed by atoms with van der Waals surface area (Å²) in [4.78, 5) is 21.3. The van der Waals surface area contributed by atoms with E-state index >= 15 is 0 Å². The summed E-state index contributed by atoms with van der Waals surface area (Å²) in [6.07, 6.45) is 5.40. The summed E-state index contributed by atoms with van der Waals surface area (Å²) < 4.78 is 7.74. The number of carbonyl (C=O) groups excluding carboxylic acids is 1. The Morgan fingerprint density at radius 2 is 1.93 bits per heavy atom. The molecule has 3 heterocycles. The van der Waals surface area contributed by atoms with Gasteiger partial charge in [-0.25, -0.2) is 0 Å². The predicted octanol–water partition coefficient (Wildman–Crippen LogP) is 2.41. The van der Waals surface area contributed by atoms with Crippen molar-refractivity contribution in [3.8, 4) is 5.75 Å². The van der Waals surface area contributed by atoms with Crippen LogP contribution in [0.25, 0.3) is 10.9 Å². The molecule has 6 heteroatoms. The Kier molecular flexibility index (Phi) is 5.07. The zero-order chi connectivity index (χ0) is 18.6. The average molecular weight is 364 g/mol. The number of rotatable bonds is 5. The second-order valence-corrected chi connectivity index (χ2v) is 6.84. The van der Waals surface area contributed by atoms with Crippen LogP contribution < -0.4 is 4.74 Å². The number of carbonyl (C=O) groups is 1. The van der Waals surface area contributed by atoms with Crippen molar-refractivity contribution in [2.45, 2.75) is 0 Å². The van der Waals surface area contributed by atoms with Crippen molar-refractivity contribution >= 4 is 16.8 Å². The number of piperazine rings is 1. The monoisotopic (exact) mass is 364 g/mol. The molecule has 1 aliphatic rings. The van der Waals surface area contributed by atoms with E-state index in [0.717, 1.165) is 54.9 Å². The molecule has 0 N–H and O–H groups in total. The highest BCUT2D eigenvalue weighted by Gasteiger charge is 2.24. The molecule has 1 saturated heterocycles. The van der Waals surface area contributed by atoms with Crippen molar-refractivity contribution in [1.82, 2.24) is 19.4 Å². The molecule has 0 atom stereocenters. The fraction of sp³-hybridized carbons (Fsp3) is 0.333. The van der Waals surface area contributed by atoms with Crippen molar-refractivity contribution in [1.29, 1.82) is 0 Å². The zero-order valence-electron chi connectivity index (χ0n) is 15.5. The summed E-state index contributed by atoms with van der Waals surface area (Å²) in [7, 11) is 1.99.